The van der Waals surface area contributed by atoms with Crippen molar-refractivity contribution in [2.45, 2.75) is 18.9 Å². The summed E-state index contributed by atoms with van der Waals surface area (Å²) in [4.78, 5) is 14.8. The van der Waals surface area contributed by atoms with Crippen molar-refractivity contribution in [1.82, 2.24) is 9.96 Å². The third-order valence-corrected chi connectivity index (χ3v) is 4.76. The first-order valence-corrected chi connectivity index (χ1v) is 7.59. The number of carbonyl (C=O) groups excluding carboxylic acids is 1. The number of rotatable bonds is 4. The van der Waals surface area contributed by atoms with Crippen LogP contribution >= 0.6 is 0 Å². The van der Waals surface area contributed by atoms with Gasteiger partial charge in [-0.15, -0.1) is 0 Å². The van der Waals surface area contributed by atoms with E-state index >= 15 is 0 Å². The van der Waals surface area contributed by atoms with E-state index in [2.05, 4.69) is 4.90 Å². The van der Waals surface area contributed by atoms with E-state index in [9.17, 15) is 10.0 Å². The first kappa shape index (κ1) is 15.1. The highest BCUT2D eigenvalue weighted by atomic mass is 16.5. The van der Waals surface area contributed by atoms with Crippen LogP contribution in [0, 0.1) is 11.1 Å². The number of ether oxygens (including phenoxy) is 2. The van der Waals surface area contributed by atoms with Gasteiger partial charge < -0.3 is 24.6 Å². The average molecular weight is 305 g/mol. The molecule has 0 aliphatic carbocycles. The van der Waals surface area contributed by atoms with Gasteiger partial charge in [0, 0.05) is 18.7 Å². The minimum absolute atomic E-state index is 0.248. The number of benzene rings is 1. The maximum atomic E-state index is 12.6. The Morgan fingerprint density at radius 2 is 2.00 bits per heavy atom. The number of hydroxylamine groups is 2. The average Bonchev–Trinajstić information content (AvgIpc) is 2.60. The molecule has 0 saturated carbocycles. The van der Waals surface area contributed by atoms with Gasteiger partial charge in [-0.2, -0.15) is 0 Å². The van der Waals surface area contributed by atoms with Crippen LogP contribution in [0.25, 0.3) is 0 Å². The molecule has 6 nitrogen and oxygen atoms in total. The Kier molecular flexibility index (Phi) is 4.22. The van der Waals surface area contributed by atoms with Gasteiger partial charge in [0.2, 0.25) is 5.91 Å². The number of methoxy groups -OCH3 is 2. The number of fused-ring (bicyclic) bond motifs is 3. The van der Waals surface area contributed by atoms with Crippen molar-refractivity contribution in [1.29, 1.82) is 0 Å². The predicted octanol–water partition coefficient (Wildman–Crippen LogP) is 1.74. The lowest BCUT2D eigenvalue weighted by Crippen LogP contribution is -2.57. The van der Waals surface area contributed by atoms with E-state index in [0.29, 0.717) is 29.0 Å². The zero-order valence-electron chi connectivity index (χ0n) is 12.9. The number of hydrogen-bond acceptors (Lipinski definition) is 5. The van der Waals surface area contributed by atoms with Crippen LogP contribution in [-0.4, -0.2) is 55.8 Å². The Labute approximate surface area is 130 Å². The summed E-state index contributed by atoms with van der Waals surface area (Å²) in [6.45, 7) is 2.75. The summed E-state index contributed by atoms with van der Waals surface area (Å²) in [6, 6.07) is 4.63. The lowest BCUT2D eigenvalue weighted by molar-refractivity contribution is 0.0229. The van der Waals surface area contributed by atoms with E-state index in [4.69, 9.17) is 9.47 Å². The third-order valence-electron chi connectivity index (χ3n) is 4.76. The van der Waals surface area contributed by atoms with Gasteiger partial charge in [-0.3, -0.25) is 4.79 Å². The zero-order chi connectivity index (χ0) is 15.7. The molecule has 1 unspecified atom stereocenters. The van der Waals surface area contributed by atoms with E-state index in [-0.39, 0.29) is 11.6 Å². The van der Waals surface area contributed by atoms with Gasteiger partial charge in [0.15, 0.2) is 0 Å². The predicted molar refractivity (Wildman–Crippen MR) is 82.0 cm³/mol. The van der Waals surface area contributed by atoms with Crippen LogP contribution in [0.4, 0.5) is 0 Å². The Morgan fingerprint density at radius 3 is 2.55 bits per heavy atom. The van der Waals surface area contributed by atoms with Gasteiger partial charge in [-0.05, 0) is 44.0 Å². The van der Waals surface area contributed by atoms with Gasteiger partial charge in [-0.25, -0.2) is 0 Å². The molecule has 1 amide bonds. The summed E-state index contributed by atoms with van der Waals surface area (Å²) < 4.78 is 10.4. The molecule has 3 heterocycles. The second kappa shape index (κ2) is 6.14. The first-order valence-electron chi connectivity index (χ1n) is 7.59. The molecule has 3 saturated heterocycles. The number of nitrogens with zero attached hydrogens (tertiary/aromatic N) is 2. The summed E-state index contributed by atoms with van der Waals surface area (Å²) in [5, 5.41) is 13.2. The second-order valence-electron chi connectivity index (χ2n) is 5.90. The maximum Gasteiger partial charge on any atom is 0.247 e. The van der Waals surface area contributed by atoms with E-state index in [1.54, 1.807) is 25.3 Å². The fourth-order valence-electron chi connectivity index (χ4n) is 3.44. The van der Waals surface area contributed by atoms with Crippen molar-refractivity contribution in [2.24, 2.45) is 5.92 Å². The third kappa shape index (κ3) is 2.64. The Balaban J connectivity index is 1.81. The van der Waals surface area contributed by atoms with Crippen LogP contribution in [0.3, 0.4) is 0 Å². The van der Waals surface area contributed by atoms with Crippen molar-refractivity contribution in [3.63, 3.8) is 0 Å². The number of piperidine rings is 3. The smallest absolute Gasteiger partial charge is 0.247 e. The fraction of sp³-hybridized carbons (Fsp3) is 0.562. The summed E-state index contributed by atoms with van der Waals surface area (Å²) in [6.07, 6.45) is 1.99. The van der Waals surface area contributed by atoms with Crippen LogP contribution in [0.1, 0.15) is 23.2 Å². The molecule has 1 aromatic rings. The van der Waals surface area contributed by atoms with Gasteiger partial charge in [0.25, 0.3) is 0 Å². The molecule has 22 heavy (non-hydrogen) atoms. The summed E-state index contributed by atoms with van der Waals surface area (Å²) >= 11 is 0. The fourth-order valence-corrected chi connectivity index (χ4v) is 3.44. The molecule has 1 aromatic carbocycles. The Morgan fingerprint density at radius 1 is 1.27 bits per heavy atom. The molecule has 4 rings (SSSR count). The van der Waals surface area contributed by atoms with Crippen molar-refractivity contribution >= 4 is 5.91 Å². The highest BCUT2D eigenvalue weighted by Gasteiger charge is 2.36. The van der Waals surface area contributed by atoms with E-state index in [1.165, 1.54) is 7.11 Å². The molecule has 0 spiro atoms. The largest absolute Gasteiger partial charge is 0.756 e. The van der Waals surface area contributed by atoms with Gasteiger partial charge in [-0.1, -0.05) is 0 Å². The summed E-state index contributed by atoms with van der Waals surface area (Å²) in [5.74, 6) is 0.745. The quantitative estimate of drug-likeness (QED) is 0.793. The van der Waals surface area contributed by atoms with Crippen LogP contribution in [0.15, 0.2) is 18.2 Å². The molecule has 0 radical (unpaired) electrons. The zero-order valence-corrected chi connectivity index (χ0v) is 12.9. The number of hydrogen-bond donors (Lipinski definition) is 0. The Hall–Kier alpha value is -1.79. The van der Waals surface area contributed by atoms with Crippen LogP contribution in [0.2, 0.25) is 0 Å². The summed E-state index contributed by atoms with van der Waals surface area (Å²) in [5.41, 5.74) is 0.287. The topological polar surface area (TPSA) is 65.1 Å². The minimum atomic E-state index is -0.529. The number of carbonyl (C=O) groups is 1. The van der Waals surface area contributed by atoms with Crippen molar-refractivity contribution in [2.75, 3.05) is 33.9 Å². The van der Waals surface area contributed by atoms with E-state index in [0.717, 1.165) is 25.9 Å². The molecule has 120 valence electrons. The van der Waals surface area contributed by atoms with Crippen LogP contribution in [0.5, 0.6) is 11.5 Å². The lowest BCUT2D eigenvalue weighted by atomic mass is 9.83. The van der Waals surface area contributed by atoms with E-state index in [1.807, 2.05) is 0 Å². The highest BCUT2D eigenvalue weighted by Crippen LogP contribution is 2.33. The first-order chi connectivity index (χ1) is 10.6. The molecule has 1 atom stereocenters. The number of amides is 1. The van der Waals surface area contributed by atoms with Gasteiger partial charge >= 0.3 is 0 Å². The standard InChI is InChI=1S/C16H21N2O4/c1-21-12-3-4-13(15(9-12)22-2)16(19)18(20)14-10-17-7-5-11(14)6-8-17/h3-4,9,11,14H,5-8,10H2,1-2H3/q-1. The molecular weight excluding hydrogens is 284 g/mol. The Bertz CT molecular complexity index is 555. The molecule has 0 N–H and O–H groups in total. The SMILES string of the molecule is COc1ccc(C(=O)N([O-])C2CN3CCC2CC3)c(OC)c1. The highest BCUT2D eigenvalue weighted by molar-refractivity contribution is 5.97. The monoisotopic (exact) mass is 305 g/mol. The molecule has 2 bridgehead atoms. The molecule has 3 fully saturated rings. The maximum absolute atomic E-state index is 12.6. The molecule has 3 aliphatic rings. The van der Waals surface area contributed by atoms with Crippen molar-refractivity contribution in [3.05, 3.63) is 29.0 Å². The van der Waals surface area contributed by atoms with Gasteiger partial charge in [0.1, 0.15) is 11.5 Å². The molecule has 6 heteroatoms. The summed E-state index contributed by atoms with van der Waals surface area (Å²) in [7, 11) is 3.03. The van der Waals surface area contributed by atoms with Crippen molar-refractivity contribution in [3.8, 4) is 11.5 Å². The van der Waals surface area contributed by atoms with Crippen LogP contribution in [-0.2, 0) is 0 Å². The van der Waals surface area contributed by atoms with Gasteiger partial charge in [0.05, 0.1) is 19.8 Å². The lowest BCUT2D eigenvalue weighted by Gasteiger charge is -2.51. The molecule has 0 aromatic heterocycles. The van der Waals surface area contributed by atoms with E-state index < -0.39 is 5.91 Å². The normalized spacial score (nSPS) is 26.6. The second-order valence-corrected chi connectivity index (χ2v) is 5.90. The van der Waals surface area contributed by atoms with Crippen LogP contribution < -0.4 is 9.47 Å². The van der Waals surface area contributed by atoms with Crippen molar-refractivity contribution < 1.29 is 14.3 Å². The minimum Gasteiger partial charge on any atom is -0.756 e. The molecular formula is C16H21N2O4-. The molecule has 3 aliphatic heterocycles.